The van der Waals surface area contributed by atoms with Gasteiger partial charge in [0.2, 0.25) is 0 Å². The lowest BCUT2D eigenvalue weighted by atomic mass is 9.94. The third kappa shape index (κ3) is 2.12. The van der Waals surface area contributed by atoms with E-state index in [1.165, 1.54) is 16.5 Å². The predicted octanol–water partition coefficient (Wildman–Crippen LogP) is 4.51. The van der Waals surface area contributed by atoms with E-state index in [9.17, 15) is 0 Å². The molecule has 0 radical (unpaired) electrons. The molecule has 0 fully saturated rings. The first-order chi connectivity index (χ1) is 7.74. The van der Waals surface area contributed by atoms with E-state index in [0.717, 1.165) is 6.42 Å². The van der Waals surface area contributed by atoms with Crippen LogP contribution in [0.5, 0.6) is 0 Å². The van der Waals surface area contributed by atoms with Crippen molar-refractivity contribution in [3.63, 3.8) is 0 Å². The molecule has 16 heavy (non-hydrogen) atoms. The third-order valence-corrected chi connectivity index (χ3v) is 3.69. The van der Waals surface area contributed by atoms with E-state index in [1.807, 2.05) is 6.20 Å². The van der Waals surface area contributed by atoms with Gasteiger partial charge in [0.05, 0.1) is 5.69 Å². The molecule has 0 aliphatic heterocycles. The number of hydrogen-bond donors (Lipinski definition) is 0. The Morgan fingerprint density at radius 1 is 1.25 bits per heavy atom. The van der Waals surface area contributed by atoms with E-state index in [0.29, 0.717) is 10.7 Å². The first-order valence-corrected chi connectivity index (χ1v) is 6.63. The van der Waals surface area contributed by atoms with Gasteiger partial charge in [0.25, 0.3) is 0 Å². The van der Waals surface area contributed by atoms with E-state index < -0.39 is 0 Å². The van der Waals surface area contributed by atoms with Crippen molar-refractivity contribution in [1.82, 2.24) is 4.98 Å². The lowest BCUT2D eigenvalue weighted by Crippen LogP contribution is -2.10. The molecule has 1 heterocycles. The number of alkyl halides is 1. The molecule has 0 saturated heterocycles. The van der Waals surface area contributed by atoms with Crippen LogP contribution < -0.4 is 0 Å². The zero-order chi connectivity index (χ0) is 11.5. The van der Waals surface area contributed by atoms with Crippen molar-refractivity contribution >= 4 is 26.7 Å². The summed E-state index contributed by atoms with van der Waals surface area (Å²) in [5.74, 6) is 0.478. The van der Waals surface area contributed by atoms with E-state index in [-0.39, 0.29) is 0 Å². The number of fused-ring (bicyclic) bond motifs is 1. The Morgan fingerprint density at radius 2 is 2.00 bits per heavy atom. The minimum atomic E-state index is 0.454. The molecule has 1 nitrogen and oxygen atoms in total. The van der Waals surface area contributed by atoms with Crippen molar-refractivity contribution in [1.29, 1.82) is 0 Å². The molecule has 2 aromatic rings. The molecule has 0 N–H and O–H groups in total. The van der Waals surface area contributed by atoms with Gasteiger partial charge in [0, 0.05) is 22.3 Å². The highest BCUT2D eigenvalue weighted by Gasteiger charge is 2.18. The lowest BCUT2D eigenvalue weighted by Gasteiger charge is -2.18. The Morgan fingerprint density at radius 3 is 2.69 bits per heavy atom. The maximum absolute atomic E-state index is 4.57. The van der Waals surface area contributed by atoms with Crippen molar-refractivity contribution in [2.75, 3.05) is 0 Å². The summed E-state index contributed by atoms with van der Waals surface area (Å²) in [6.07, 6.45) is 3.02. The molecule has 2 unspecified atom stereocenters. The fraction of sp³-hybridized carbons (Fsp3) is 0.357. The van der Waals surface area contributed by atoms with Gasteiger partial charge in [0.1, 0.15) is 0 Å². The quantitative estimate of drug-likeness (QED) is 0.753. The summed E-state index contributed by atoms with van der Waals surface area (Å²) in [6, 6.07) is 10.5. The van der Waals surface area contributed by atoms with Crippen LogP contribution in [-0.2, 0) is 0 Å². The van der Waals surface area contributed by atoms with Gasteiger partial charge < -0.3 is 0 Å². The van der Waals surface area contributed by atoms with Crippen LogP contribution in [-0.4, -0.2) is 9.81 Å². The normalized spacial score (nSPS) is 14.9. The molecule has 1 aromatic heterocycles. The summed E-state index contributed by atoms with van der Waals surface area (Å²) >= 11 is 3.68. The molecular formula is C14H16BrN. The molecule has 0 spiro atoms. The van der Waals surface area contributed by atoms with Crippen molar-refractivity contribution in [3.8, 4) is 0 Å². The average molecular weight is 278 g/mol. The molecule has 84 valence electrons. The second-order valence-corrected chi connectivity index (χ2v) is 5.55. The zero-order valence-corrected chi connectivity index (χ0v) is 11.2. The summed E-state index contributed by atoms with van der Waals surface area (Å²) in [7, 11) is 0. The second-order valence-electron chi connectivity index (χ2n) is 4.11. The Labute approximate surface area is 105 Å². The molecule has 0 aliphatic carbocycles. The van der Waals surface area contributed by atoms with Gasteiger partial charge in [-0.3, -0.25) is 4.98 Å². The number of hydrogen-bond acceptors (Lipinski definition) is 1. The molecule has 2 atom stereocenters. The van der Waals surface area contributed by atoms with Crippen molar-refractivity contribution in [2.45, 2.75) is 31.0 Å². The first kappa shape index (κ1) is 11.6. The summed E-state index contributed by atoms with van der Waals surface area (Å²) in [4.78, 5) is 5.02. The van der Waals surface area contributed by atoms with Crippen LogP contribution in [0.4, 0.5) is 0 Å². The number of pyridine rings is 1. The summed E-state index contributed by atoms with van der Waals surface area (Å²) in [5.41, 5.74) is 1.21. The zero-order valence-electron chi connectivity index (χ0n) is 9.65. The molecule has 0 saturated carbocycles. The van der Waals surface area contributed by atoms with Crippen molar-refractivity contribution in [3.05, 3.63) is 42.2 Å². The molecule has 2 rings (SSSR count). The van der Waals surface area contributed by atoms with E-state index >= 15 is 0 Å². The lowest BCUT2D eigenvalue weighted by molar-refractivity contribution is 0.649. The molecule has 0 bridgehead atoms. The predicted molar refractivity (Wildman–Crippen MR) is 73.2 cm³/mol. The summed E-state index contributed by atoms with van der Waals surface area (Å²) < 4.78 is 0. The maximum Gasteiger partial charge on any atom is 0.0523 e. The van der Waals surface area contributed by atoms with Crippen molar-refractivity contribution in [2.24, 2.45) is 0 Å². The van der Waals surface area contributed by atoms with Gasteiger partial charge in [-0.1, -0.05) is 54.0 Å². The van der Waals surface area contributed by atoms with Crippen LogP contribution in [0.3, 0.4) is 0 Å². The summed E-state index contributed by atoms with van der Waals surface area (Å²) in [5, 5.41) is 2.56. The third-order valence-electron chi connectivity index (χ3n) is 3.05. The fourth-order valence-electron chi connectivity index (χ4n) is 2.17. The first-order valence-electron chi connectivity index (χ1n) is 5.71. The number of halogens is 1. The molecule has 0 amide bonds. The van der Waals surface area contributed by atoms with Gasteiger partial charge in [-0.15, -0.1) is 0 Å². The average Bonchev–Trinajstić information content (AvgIpc) is 2.30. The highest BCUT2D eigenvalue weighted by Crippen LogP contribution is 2.31. The van der Waals surface area contributed by atoms with Gasteiger partial charge in [0.15, 0.2) is 0 Å². The highest BCUT2D eigenvalue weighted by atomic mass is 79.9. The van der Waals surface area contributed by atoms with Gasteiger partial charge in [-0.2, -0.15) is 0 Å². The minimum Gasteiger partial charge on any atom is -0.260 e. The van der Waals surface area contributed by atoms with Crippen LogP contribution in [0.25, 0.3) is 10.8 Å². The Hall–Kier alpha value is -0.890. The monoisotopic (exact) mass is 277 g/mol. The molecule has 0 aliphatic rings. The SMILES string of the molecule is CCC(c1nccc2ccccc12)C(C)Br. The largest absolute Gasteiger partial charge is 0.260 e. The van der Waals surface area contributed by atoms with E-state index in [1.54, 1.807) is 0 Å². The van der Waals surface area contributed by atoms with Crippen molar-refractivity contribution < 1.29 is 0 Å². The van der Waals surface area contributed by atoms with E-state index in [4.69, 9.17) is 0 Å². The standard InChI is InChI=1S/C14H16BrN/c1-3-12(10(2)15)14-13-7-5-4-6-11(13)8-9-16-14/h4-10,12H,3H2,1-2H3. The number of nitrogens with zero attached hydrogens (tertiary/aromatic N) is 1. The van der Waals surface area contributed by atoms with Crippen LogP contribution in [0.15, 0.2) is 36.5 Å². The summed E-state index contributed by atoms with van der Waals surface area (Å²) in [6.45, 7) is 4.41. The Balaban J connectivity index is 2.59. The number of rotatable bonds is 3. The van der Waals surface area contributed by atoms with E-state index in [2.05, 4.69) is 65.1 Å². The minimum absolute atomic E-state index is 0.454. The topological polar surface area (TPSA) is 12.9 Å². The van der Waals surface area contributed by atoms with Gasteiger partial charge >= 0.3 is 0 Å². The van der Waals surface area contributed by atoms with Gasteiger partial charge in [-0.05, 0) is 17.9 Å². The van der Waals surface area contributed by atoms with Crippen LogP contribution in [0.1, 0.15) is 31.9 Å². The Bertz CT molecular complexity index is 474. The highest BCUT2D eigenvalue weighted by molar-refractivity contribution is 9.09. The van der Waals surface area contributed by atoms with Gasteiger partial charge in [-0.25, -0.2) is 0 Å². The van der Waals surface area contributed by atoms with Crippen LogP contribution >= 0.6 is 15.9 Å². The maximum atomic E-state index is 4.57. The fourth-order valence-corrected chi connectivity index (χ4v) is 2.80. The molecule has 2 heteroatoms. The Kier molecular flexibility index (Phi) is 3.59. The number of benzene rings is 1. The second kappa shape index (κ2) is 4.96. The molecule has 1 aromatic carbocycles. The number of aromatic nitrogens is 1. The van der Waals surface area contributed by atoms with Crippen LogP contribution in [0.2, 0.25) is 0 Å². The van der Waals surface area contributed by atoms with Crippen LogP contribution in [0, 0.1) is 0 Å². The smallest absolute Gasteiger partial charge is 0.0523 e. The molecular weight excluding hydrogens is 262 g/mol.